The van der Waals surface area contributed by atoms with Gasteiger partial charge in [0.25, 0.3) is 11.5 Å². The molecular formula is C26H28N4O5S. The fraction of sp³-hybridized carbons (Fsp3) is 0.308. The number of aryl methyl sites for hydroxylation is 1. The summed E-state index contributed by atoms with van der Waals surface area (Å²) in [4.78, 5) is 32.4. The number of nitrogens with one attached hydrogen (secondary N) is 1. The second-order valence-corrected chi connectivity index (χ2v) is 9.00. The summed E-state index contributed by atoms with van der Waals surface area (Å²) in [7, 11) is 4.77. The van der Waals surface area contributed by atoms with E-state index in [4.69, 9.17) is 19.3 Å². The van der Waals surface area contributed by atoms with Crippen molar-refractivity contribution in [3.05, 3.63) is 75.7 Å². The summed E-state index contributed by atoms with van der Waals surface area (Å²) in [6, 6.07) is 14.3. The van der Waals surface area contributed by atoms with Gasteiger partial charge in [0.2, 0.25) is 0 Å². The van der Waals surface area contributed by atoms with E-state index in [1.165, 1.54) is 22.8 Å². The van der Waals surface area contributed by atoms with Crippen molar-refractivity contribution < 1.29 is 19.0 Å². The minimum atomic E-state index is -0.330. The molecule has 36 heavy (non-hydrogen) atoms. The first-order valence-electron chi connectivity index (χ1n) is 11.4. The maximum absolute atomic E-state index is 13.4. The maximum Gasteiger partial charge on any atom is 0.253 e. The highest BCUT2D eigenvalue weighted by Gasteiger charge is 2.33. The van der Waals surface area contributed by atoms with Crippen molar-refractivity contribution in [2.75, 3.05) is 27.1 Å². The Morgan fingerprint density at radius 3 is 2.47 bits per heavy atom. The molecule has 2 heterocycles. The van der Waals surface area contributed by atoms with Gasteiger partial charge in [0.05, 0.1) is 38.8 Å². The first-order valence-corrected chi connectivity index (χ1v) is 12.4. The van der Waals surface area contributed by atoms with Gasteiger partial charge < -0.3 is 19.2 Å². The van der Waals surface area contributed by atoms with Crippen LogP contribution in [0.15, 0.2) is 63.6 Å². The number of hydrogen-bond donors (Lipinski definition) is 1. The molecule has 1 unspecified atom stereocenters. The summed E-state index contributed by atoms with van der Waals surface area (Å²) in [6.45, 7) is 1.93. The number of H-pyrrole nitrogens is 1. The van der Waals surface area contributed by atoms with Gasteiger partial charge in [-0.05, 0) is 53.9 Å². The molecule has 0 bridgehead atoms. The summed E-state index contributed by atoms with van der Waals surface area (Å²) < 4.78 is 16.1. The predicted octanol–water partition coefficient (Wildman–Crippen LogP) is 3.83. The molecule has 3 aromatic rings. The number of hydrazone groups is 1. The second-order valence-electron chi connectivity index (χ2n) is 8.03. The lowest BCUT2D eigenvalue weighted by atomic mass is 9.98. The number of amides is 1. The molecule has 0 saturated heterocycles. The standard InChI is InChI=1S/C26H28N4O5S/c1-5-18-13-24(31)28-26(27-18)36-15-25(32)30-21(17-8-11-22(34-3)23(12-17)35-4)14-20(29-30)16-6-9-19(33-2)10-7-16/h6-13,21H,5,14-15H2,1-4H3,(H,27,28,31). The number of nitrogens with zero attached hydrogens (tertiary/aromatic N) is 3. The Morgan fingerprint density at radius 1 is 1.06 bits per heavy atom. The summed E-state index contributed by atoms with van der Waals surface area (Å²) in [5, 5.41) is 6.64. The van der Waals surface area contributed by atoms with Crippen LogP contribution in [0, 0.1) is 0 Å². The van der Waals surface area contributed by atoms with Gasteiger partial charge >= 0.3 is 0 Å². The van der Waals surface area contributed by atoms with Crippen molar-refractivity contribution in [3.63, 3.8) is 0 Å². The van der Waals surface area contributed by atoms with E-state index in [-0.39, 0.29) is 23.3 Å². The van der Waals surface area contributed by atoms with Crippen molar-refractivity contribution in [3.8, 4) is 17.2 Å². The van der Waals surface area contributed by atoms with Crippen LogP contribution in [0.1, 0.15) is 36.2 Å². The van der Waals surface area contributed by atoms with Crippen LogP contribution in [-0.4, -0.2) is 53.7 Å². The van der Waals surface area contributed by atoms with E-state index in [1.807, 2.05) is 49.4 Å². The molecule has 0 fully saturated rings. The minimum Gasteiger partial charge on any atom is -0.497 e. The van der Waals surface area contributed by atoms with Crippen LogP contribution in [-0.2, 0) is 11.2 Å². The SMILES string of the molecule is CCc1cc(=O)[nH]c(SCC(=O)N2N=C(c3ccc(OC)cc3)CC2c2ccc(OC)c(OC)c2)n1. The van der Waals surface area contributed by atoms with Gasteiger partial charge in [-0.3, -0.25) is 9.59 Å². The fourth-order valence-corrected chi connectivity index (χ4v) is 4.69. The second kappa shape index (κ2) is 11.3. The van der Waals surface area contributed by atoms with Crippen LogP contribution in [0.2, 0.25) is 0 Å². The third kappa shape index (κ3) is 5.54. The normalized spacial score (nSPS) is 14.9. The summed E-state index contributed by atoms with van der Waals surface area (Å²) in [5.41, 5.74) is 3.01. The van der Waals surface area contributed by atoms with Crippen LogP contribution in [0.4, 0.5) is 0 Å². The molecule has 2 aromatic carbocycles. The van der Waals surface area contributed by atoms with Gasteiger partial charge in [0, 0.05) is 18.2 Å². The van der Waals surface area contributed by atoms with Gasteiger partial charge in [-0.1, -0.05) is 24.8 Å². The highest BCUT2D eigenvalue weighted by molar-refractivity contribution is 7.99. The van der Waals surface area contributed by atoms with Crippen molar-refractivity contribution >= 4 is 23.4 Å². The van der Waals surface area contributed by atoms with E-state index >= 15 is 0 Å². The third-order valence-corrected chi connectivity index (χ3v) is 6.71. The molecule has 9 nitrogen and oxygen atoms in total. The lowest BCUT2D eigenvalue weighted by Crippen LogP contribution is -2.28. The topological polar surface area (TPSA) is 106 Å². The Balaban J connectivity index is 1.62. The largest absolute Gasteiger partial charge is 0.497 e. The van der Waals surface area contributed by atoms with E-state index in [0.29, 0.717) is 35.2 Å². The third-order valence-electron chi connectivity index (χ3n) is 5.85. The molecule has 1 aromatic heterocycles. The van der Waals surface area contributed by atoms with E-state index in [2.05, 4.69) is 9.97 Å². The number of methoxy groups -OCH3 is 3. The molecule has 1 atom stereocenters. The van der Waals surface area contributed by atoms with Crippen molar-refractivity contribution in [2.45, 2.75) is 31.0 Å². The van der Waals surface area contributed by atoms with Gasteiger partial charge in [-0.15, -0.1) is 0 Å². The molecule has 1 amide bonds. The Bertz CT molecular complexity index is 1320. The monoisotopic (exact) mass is 508 g/mol. The van der Waals surface area contributed by atoms with Crippen molar-refractivity contribution in [1.29, 1.82) is 0 Å². The van der Waals surface area contributed by atoms with Crippen LogP contribution < -0.4 is 19.8 Å². The highest BCUT2D eigenvalue weighted by atomic mass is 32.2. The van der Waals surface area contributed by atoms with Gasteiger partial charge in [0.15, 0.2) is 16.7 Å². The Morgan fingerprint density at radius 2 is 1.81 bits per heavy atom. The Hall–Kier alpha value is -3.79. The molecule has 0 saturated carbocycles. The number of aromatic amines is 1. The molecule has 0 radical (unpaired) electrons. The quantitative estimate of drug-likeness (QED) is 0.346. The molecule has 4 rings (SSSR count). The first-order chi connectivity index (χ1) is 17.4. The number of benzene rings is 2. The molecular weight excluding hydrogens is 480 g/mol. The van der Waals surface area contributed by atoms with Gasteiger partial charge in [-0.2, -0.15) is 5.10 Å². The first kappa shape index (κ1) is 25.3. The minimum absolute atomic E-state index is 0.0687. The Kier molecular flexibility index (Phi) is 7.94. The average molecular weight is 509 g/mol. The van der Waals surface area contributed by atoms with Crippen LogP contribution >= 0.6 is 11.8 Å². The van der Waals surface area contributed by atoms with Gasteiger partial charge in [-0.25, -0.2) is 9.99 Å². The molecule has 1 N–H and O–H groups in total. The highest BCUT2D eigenvalue weighted by Crippen LogP contribution is 2.38. The zero-order chi connectivity index (χ0) is 25.7. The lowest BCUT2D eigenvalue weighted by molar-refractivity contribution is -0.130. The smallest absolute Gasteiger partial charge is 0.253 e. The number of aromatic nitrogens is 2. The summed E-state index contributed by atoms with van der Waals surface area (Å²) in [5.74, 6) is 1.80. The molecule has 0 spiro atoms. The number of rotatable bonds is 9. The molecule has 1 aliphatic rings. The number of thioether (sulfide) groups is 1. The summed E-state index contributed by atoms with van der Waals surface area (Å²) in [6.07, 6.45) is 1.16. The Labute approximate surface area is 213 Å². The van der Waals surface area contributed by atoms with Crippen LogP contribution in [0.3, 0.4) is 0 Å². The van der Waals surface area contributed by atoms with Gasteiger partial charge in [0.1, 0.15) is 5.75 Å². The molecule has 0 aliphatic carbocycles. The van der Waals surface area contributed by atoms with Crippen LogP contribution in [0.5, 0.6) is 17.2 Å². The van der Waals surface area contributed by atoms with E-state index in [9.17, 15) is 9.59 Å². The predicted molar refractivity (Wildman–Crippen MR) is 138 cm³/mol. The molecule has 188 valence electrons. The maximum atomic E-state index is 13.4. The molecule has 1 aliphatic heterocycles. The fourth-order valence-electron chi connectivity index (χ4n) is 3.95. The molecule has 10 heteroatoms. The lowest BCUT2D eigenvalue weighted by Gasteiger charge is -2.22. The number of carbonyl (C=O) groups is 1. The zero-order valence-corrected chi connectivity index (χ0v) is 21.4. The number of ether oxygens (including phenoxy) is 3. The van der Waals surface area contributed by atoms with E-state index < -0.39 is 0 Å². The van der Waals surface area contributed by atoms with Crippen molar-refractivity contribution in [2.24, 2.45) is 5.10 Å². The van der Waals surface area contributed by atoms with Crippen LogP contribution in [0.25, 0.3) is 0 Å². The van der Waals surface area contributed by atoms with Crippen molar-refractivity contribution in [1.82, 2.24) is 15.0 Å². The summed E-state index contributed by atoms with van der Waals surface area (Å²) >= 11 is 1.18. The van der Waals surface area contributed by atoms with E-state index in [0.717, 1.165) is 22.6 Å². The zero-order valence-electron chi connectivity index (χ0n) is 20.6. The number of carbonyl (C=O) groups excluding carboxylic acids is 1. The average Bonchev–Trinajstić information content (AvgIpc) is 3.36. The number of hydrogen-bond acceptors (Lipinski definition) is 8. The van der Waals surface area contributed by atoms with E-state index in [1.54, 1.807) is 21.3 Å².